The molecular weight excluding hydrogens is 681 g/mol. The molecule has 0 aliphatic carbocycles. The van der Waals surface area contributed by atoms with E-state index in [1.807, 2.05) is 78.9 Å². The van der Waals surface area contributed by atoms with E-state index in [4.69, 9.17) is 28.1 Å². The third-order valence-corrected chi connectivity index (χ3v) is 14.9. The number of benzene rings is 3. The van der Waals surface area contributed by atoms with Crippen molar-refractivity contribution in [2.45, 2.75) is 82.4 Å². The lowest BCUT2D eigenvalue weighted by Crippen LogP contribution is -2.61. The number of hydrogen-bond acceptors (Lipinski definition) is 9. The van der Waals surface area contributed by atoms with E-state index in [0.29, 0.717) is 34.8 Å². The maximum absolute atomic E-state index is 13.3. The molecule has 4 atom stereocenters. The standard InChI is InChI=1S/C40H52N2O9Si/c1-27-24-42(38(45)41-37(27)44)33-26-49-36(34(43)35(33)48-22-23-51-52(7,8)39(2,3)4)40(29-14-18-31(46-5)19-15-29,30-16-20-32(47-6)21-17-30)50-25-28-12-10-9-11-13-28/h9-21,24,33-36,43H,22-23,25-26H2,1-8H3,(H,41,44,45)/t33-,34-,35-,36+/m0/s1. The van der Waals surface area contributed by atoms with Crippen molar-refractivity contribution in [3.05, 3.63) is 128 Å². The highest BCUT2D eigenvalue weighted by atomic mass is 28.4. The van der Waals surface area contributed by atoms with Gasteiger partial charge < -0.3 is 33.2 Å². The summed E-state index contributed by atoms with van der Waals surface area (Å²) in [6.07, 6.45) is -1.87. The number of aryl methyl sites for hydroxylation is 1. The molecule has 280 valence electrons. The Morgan fingerprint density at radius 2 is 1.46 bits per heavy atom. The van der Waals surface area contributed by atoms with Gasteiger partial charge in [-0.25, -0.2) is 4.79 Å². The Morgan fingerprint density at radius 3 is 2.00 bits per heavy atom. The number of aromatic nitrogens is 2. The quantitative estimate of drug-likeness (QED) is 0.123. The molecule has 3 aromatic carbocycles. The Bertz CT molecular complexity index is 1820. The molecule has 2 N–H and O–H groups in total. The normalized spacial score (nSPS) is 19.7. The summed E-state index contributed by atoms with van der Waals surface area (Å²) in [7, 11) is 1.10. The fourth-order valence-electron chi connectivity index (χ4n) is 6.32. The topological polar surface area (TPSA) is 130 Å². The summed E-state index contributed by atoms with van der Waals surface area (Å²) in [5, 5.41) is 12.6. The van der Waals surface area contributed by atoms with Gasteiger partial charge in [-0.2, -0.15) is 0 Å². The number of aromatic amines is 1. The number of aliphatic hydroxyl groups excluding tert-OH is 1. The van der Waals surface area contributed by atoms with Crippen LogP contribution in [0, 0.1) is 6.92 Å². The van der Waals surface area contributed by atoms with Crippen molar-refractivity contribution in [2.75, 3.05) is 34.0 Å². The van der Waals surface area contributed by atoms with E-state index in [-0.39, 0.29) is 24.9 Å². The van der Waals surface area contributed by atoms with Crippen LogP contribution in [0.1, 0.15) is 49.1 Å². The van der Waals surface area contributed by atoms with Crippen LogP contribution in [0.2, 0.25) is 18.1 Å². The van der Waals surface area contributed by atoms with E-state index < -0.39 is 49.5 Å². The van der Waals surface area contributed by atoms with Crippen LogP contribution >= 0.6 is 0 Å². The van der Waals surface area contributed by atoms with Crippen molar-refractivity contribution >= 4 is 8.32 Å². The Hall–Kier alpha value is -4.04. The number of hydrogen-bond donors (Lipinski definition) is 2. The zero-order valence-electron chi connectivity index (χ0n) is 31.4. The van der Waals surface area contributed by atoms with Crippen LogP contribution in [0.25, 0.3) is 0 Å². The van der Waals surface area contributed by atoms with E-state index in [2.05, 4.69) is 38.8 Å². The third kappa shape index (κ3) is 8.27. The van der Waals surface area contributed by atoms with Crippen LogP contribution in [0.4, 0.5) is 0 Å². The third-order valence-electron chi connectivity index (χ3n) is 10.4. The first-order chi connectivity index (χ1) is 24.7. The molecule has 1 aliphatic heterocycles. The fraction of sp³-hybridized carbons (Fsp3) is 0.450. The molecule has 1 fully saturated rings. The molecule has 0 spiro atoms. The summed E-state index contributed by atoms with van der Waals surface area (Å²) >= 11 is 0. The van der Waals surface area contributed by atoms with Gasteiger partial charge in [0.25, 0.3) is 5.56 Å². The van der Waals surface area contributed by atoms with Crippen molar-refractivity contribution < 1.29 is 33.2 Å². The van der Waals surface area contributed by atoms with Gasteiger partial charge in [0.15, 0.2) is 8.32 Å². The van der Waals surface area contributed by atoms with Gasteiger partial charge in [0.1, 0.15) is 35.4 Å². The van der Waals surface area contributed by atoms with Crippen molar-refractivity contribution in [1.29, 1.82) is 0 Å². The largest absolute Gasteiger partial charge is 0.497 e. The molecule has 0 radical (unpaired) electrons. The van der Waals surface area contributed by atoms with Crippen molar-refractivity contribution in [1.82, 2.24) is 9.55 Å². The summed E-state index contributed by atoms with van der Waals surface area (Å²) in [5.41, 5.74) is 0.158. The molecule has 1 aromatic heterocycles. The molecule has 4 aromatic rings. The molecule has 12 heteroatoms. The van der Waals surface area contributed by atoms with Gasteiger partial charge in [-0.1, -0.05) is 75.4 Å². The number of methoxy groups -OCH3 is 2. The van der Waals surface area contributed by atoms with Crippen LogP contribution in [-0.2, 0) is 30.8 Å². The Kier molecular flexibility index (Phi) is 12.3. The van der Waals surface area contributed by atoms with Gasteiger partial charge in [-0.3, -0.25) is 14.3 Å². The number of rotatable bonds is 14. The second-order valence-electron chi connectivity index (χ2n) is 14.7. The minimum atomic E-state index is -2.11. The molecule has 0 amide bonds. The number of nitrogens with zero attached hydrogens (tertiary/aromatic N) is 1. The predicted molar refractivity (Wildman–Crippen MR) is 202 cm³/mol. The van der Waals surface area contributed by atoms with E-state index in [1.54, 1.807) is 21.1 Å². The first-order valence-corrected chi connectivity index (χ1v) is 20.5. The molecule has 52 heavy (non-hydrogen) atoms. The summed E-state index contributed by atoms with van der Waals surface area (Å²) < 4.78 is 39.1. The lowest BCUT2D eigenvalue weighted by molar-refractivity contribution is -0.239. The Labute approximate surface area is 306 Å². The zero-order valence-corrected chi connectivity index (χ0v) is 32.4. The highest BCUT2D eigenvalue weighted by Gasteiger charge is 2.54. The number of aliphatic hydroxyl groups is 1. The smallest absolute Gasteiger partial charge is 0.328 e. The van der Waals surface area contributed by atoms with Crippen LogP contribution in [-0.4, -0.2) is 75.3 Å². The summed E-state index contributed by atoms with van der Waals surface area (Å²) in [6.45, 7) is 13.0. The average Bonchev–Trinajstić information content (AvgIpc) is 3.13. The maximum Gasteiger partial charge on any atom is 0.328 e. The van der Waals surface area contributed by atoms with Gasteiger partial charge in [0, 0.05) is 11.8 Å². The fourth-order valence-corrected chi connectivity index (χ4v) is 7.35. The van der Waals surface area contributed by atoms with Gasteiger partial charge in [0.05, 0.1) is 46.7 Å². The van der Waals surface area contributed by atoms with Crippen molar-refractivity contribution in [2.24, 2.45) is 0 Å². The van der Waals surface area contributed by atoms with Crippen LogP contribution in [0.3, 0.4) is 0 Å². The molecule has 5 rings (SSSR count). The van der Waals surface area contributed by atoms with E-state index >= 15 is 0 Å². The number of nitrogens with one attached hydrogen (secondary N) is 1. The Morgan fingerprint density at radius 1 is 0.885 bits per heavy atom. The summed E-state index contributed by atoms with van der Waals surface area (Å²) in [4.78, 5) is 28.0. The monoisotopic (exact) mass is 732 g/mol. The van der Waals surface area contributed by atoms with Crippen LogP contribution in [0.15, 0.2) is 94.6 Å². The average molecular weight is 733 g/mol. The first kappa shape index (κ1) is 39.2. The Balaban J connectivity index is 1.63. The van der Waals surface area contributed by atoms with Gasteiger partial charge >= 0.3 is 5.69 Å². The van der Waals surface area contributed by atoms with Crippen LogP contribution in [0.5, 0.6) is 11.5 Å². The highest BCUT2D eigenvalue weighted by molar-refractivity contribution is 6.74. The van der Waals surface area contributed by atoms with Gasteiger partial charge in [-0.15, -0.1) is 0 Å². The molecule has 11 nitrogen and oxygen atoms in total. The SMILES string of the molecule is COc1ccc(C(OCc2ccccc2)(c2ccc(OC)cc2)[C@@H]2OC[C@H](n3cc(C)c(=O)[nH]c3=O)[C@H](OCCO[Si](C)(C)C(C)(C)C)[C@@H]2O)cc1. The molecule has 1 aliphatic rings. The summed E-state index contributed by atoms with van der Waals surface area (Å²) in [6, 6.07) is 23.9. The maximum atomic E-state index is 13.3. The molecular formula is C40H52N2O9Si. The molecule has 0 unspecified atom stereocenters. The predicted octanol–water partition coefficient (Wildman–Crippen LogP) is 5.73. The first-order valence-electron chi connectivity index (χ1n) is 17.6. The lowest BCUT2D eigenvalue weighted by Gasteiger charge is -2.49. The molecule has 2 heterocycles. The molecule has 0 bridgehead atoms. The molecule has 1 saturated heterocycles. The molecule has 0 saturated carbocycles. The van der Waals surface area contributed by atoms with E-state index in [9.17, 15) is 14.7 Å². The number of H-pyrrole nitrogens is 1. The van der Waals surface area contributed by atoms with Crippen LogP contribution < -0.4 is 20.7 Å². The van der Waals surface area contributed by atoms with Crippen molar-refractivity contribution in [3.8, 4) is 11.5 Å². The minimum Gasteiger partial charge on any atom is -0.497 e. The van der Waals surface area contributed by atoms with E-state index in [1.165, 1.54) is 10.8 Å². The lowest BCUT2D eigenvalue weighted by atomic mass is 9.76. The van der Waals surface area contributed by atoms with Crippen molar-refractivity contribution in [3.63, 3.8) is 0 Å². The van der Waals surface area contributed by atoms with Gasteiger partial charge in [-0.05, 0) is 66.0 Å². The highest BCUT2D eigenvalue weighted by Crippen LogP contribution is 2.45. The van der Waals surface area contributed by atoms with Gasteiger partial charge in [0.2, 0.25) is 0 Å². The summed E-state index contributed by atoms with van der Waals surface area (Å²) in [5.74, 6) is 1.30. The number of ether oxygens (including phenoxy) is 5. The minimum absolute atomic E-state index is 0.00794. The second kappa shape index (κ2) is 16.3. The van der Waals surface area contributed by atoms with E-state index in [0.717, 1.165) is 5.56 Å². The zero-order chi connectivity index (χ0) is 37.7. The second-order valence-corrected chi connectivity index (χ2v) is 19.5.